The van der Waals surface area contributed by atoms with Crippen LogP contribution in [-0.2, 0) is 15.9 Å². The molecule has 0 heterocycles. The fraction of sp³-hybridized carbons (Fsp3) is 0.455. The number of aryl methyl sites for hydroxylation is 1. The Balaban J connectivity index is 2.98. The van der Waals surface area contributed by atoms with Crippen molar-refractivity contribution in [3.8, 4) is 0 Å². The van der Waals surface area contributed by atoms with Gasteiger partial charge >= 0.3 is 0 Å². The second-order valence-electron chi connectivity index (χ2n) is 3.49. The number of nitro groups is 1. The lowest BCUT2D eigenvalue weighted by molar-refractivity contribution is -0.385. The first-order valence-corrected chi connectivity index (χ1v) is 4.88. The molecular weight excluding hydrogens is 210 g/mol. The van der Waals surface area contributed by atoms with Crippen LogP contribution < -0.4 is 0 Å². The van der Waals surface area contributed by atoms with Crippen molar-refractivity contribution < 1.29 is 14.4 Å². The molecule has 1 rings (SSSR count). The van der Waals surface area contributed by atoms with Crippen LogP contribution in [0.1, 0.15) is 11.1 Å². The number of benzene rings is 1. The largest absolute Gasteiger partial charge is 0.356 e. The molecule has 0 aliphatic carbocycles. The van der Waals surface area contributed by atoms with Crippen molar-refractivity contribution in [2.45, 2.75) is 19.6 Å². The predicted octanol–water partition coefficient (Wildman–Crippen LogP) is 2.06. The van der Waals surface area contributed by atoms with E-state index in [1.807, 2.05) is 13.0 Å². The number of nitrogens with zero attached hydrogens (tertiary/aromatic N) is 1. The fourth-order valence-corrected chi connectivity index (χ4v) is 1.46. The van der Waals surface area contributed by atoms with Gasteiger partial charge in [0.1, 0.15) is 0 Å². The van der Waals surface area contributed by atoms with Crippen LogP contribution in [0, 0.1) is 17.0 Å². The van der Waals surface area contributed by atoms with Crippen molar-refractivity contribution in [1.82, 2.24) is 0 Å². The summed E-state index contributed by atoms with van der Waals surface area (Å²) in [5.41, 5.74) is 1.59. The Morgan fingerprint density at radius 1 is 1.38 bits per heavy atom. The highest BCUT2D eigenvalue weighted by atomic mass is 16.7. The number of rotatable bonds is 5. The van der Waals surface area contributed by atoms with Crippen molar-refractivity contribution in [3.63, 3.8) is 0 Å². The summed E-state index contributed by atoms with van der Waals surface area (Å²) >= 11 is 0. The minimum atomic E-state index is -0.457. The van der Waals surface area contributed by atoms with Crippen molar-refractivity contribution >= 4 is 5.69 Å². The molecule has 0 radical (unpaired) electrons. The molecule has 1 aromatic rings. The van der Waals surface area contributed by atoms with E-state index in [4.69, 9.17) is 9.47 Å². The molecular formula is C11H15NO4. The van der Waals surface area contributed by atoms with Gasteiger partial charge in [0.05, 0.1) is 4.92 Å². The Labute approximate surface area is 94.1 Å². The van der Waals surface area contributed by atoms with Gasteiger partial charge in [-0.25, -0.2) is 0 Å². The van der Waals surface area contributed by atoms with E-state index >= 15 is 0 Å². The third-order valence-electron chi connectivity index (χ3n) is 2.35. The molecule has 5 heteroatoms. The number of nitro benzene ring substituents is 1. The van der Waals surface area contributed by atoms with Crippen LogP contribution in [0.5, 0.6) is 0 Å². The highest BCUT2D eigenvalue weighted by Gasteiger charge is 2.17. The van der Waals surface area contributed by atoms with E-state index in [0.717, 1.165) is 5.56 Å². The van der Waals surface area contributed by atoms with Crippen molar-refractivity contribution in [2.75, 3.05) is 14.2 Å². The quantitative estimate of drug-likeness (QED) is 0.437. The van der Waals surface area contributed by atoms with Gasteiger partial charge in [-0.15, -0.1) is 0 Å². The van der Waals surface area contributed by atoms with Crippen LogP contribution in [0.15, 0.2) is 18.2 Å². The fourth-order valence-electron chi connectivity index (χ4n) is 1.46. The zero-order valence-corrected chi connectivity index (χ0v) is 9.60. The summed E-state index contributed by atoms with van der Waals surface area (Å²) < 4.78 is 10.0. The van der Waals surface area contributed by atoms with Gasteiger partial charge in [0.15, 0.2) is 6.29 Å². The summed E-state index contributed by atoms with van der Waals surface area (Å²) in [6.45, 7) is 1.82. The maximum absolute atomic E-state index is 10.9. The second kappa shape index (κ2) is 5.58. The van der Waals surface area contributed by atoms with E-state index in [0.29, 0.717) is 12.0 Å². The third kappa shape index (κ3) is 3.01. The summed E-state index contributed by atoms with van der Waals surface area (Å²) in [5, 5.41) is 10.9. The van der Waals surface area contributed by atoms with Crippen molar-refractivity contribution in [2.24, 2.45) is 0 Å². The molecule has 16 heavy (non-hydrogen) atoms. The molecule has 0 aliphatic rings. The Hall–Kier alpha value is -1.46. The molecule has 0 aliphatic heterocycles. The smallest absolute Gasteiger partial charge is 0.273 e. The molecule has 0 bridgehead atoms. The zero-order valence-electron chi connectivity index (χ0n) is 9.60. The molecule has 0 spiro atoms. The summed E-state index contributed by atoms with van der Waals surface area (Å²) in [4.78, 5) is 10.5. The molecule has 0 fully saturated rings. The first-order chi connectivity index (χ1) is 7.58. The standard InChI is InChI=1S/C11H15NO4/c1-8-4-5-9(7-11(15-2)16-3)10(6-8)12(13)14/h4-6,11H,7H2,1-3H3. The lowest BCUT2D eigenvalue weighted by Crippen LogP contribution is -2.16. The number of methoxy groups -OCH3 is 2. The third-order valence-corrected chi connectivity index (χ3v) is 2.35. The Morgan fingerprint density at radius 2 is 2.00 bits per heavy atom. The zero-order chi connectivity index (χ0) is 12.1. The minimum Gasteiger partial charge on any atom is -0.356 e. The van der Waals surface area contributed by atoms with Gasteiger partial charge in [0.2, 0.25) is 0 Å². The molecule has 1 aromatic carbocycles. The Bertz CT molecular complexity index is 374. The first kappa shape index (κ1) is 12.6. The molecule has 0 N–H and O–H groups in total. The van der Waals surface area contributed by atoms with E-state index in [9.17, 15) is 10.1 Å². The summed E-state index contributed by atoms with van der Waals surface area (Å²) in [6, 6.07) is 5.13. The first-order valence-electron chi connectivity index (χ1n) is 4.88. The summed E-state index contributed by atoms with van der Waals surface area (Å²) in [6.07, 6.45) is -0.0924. The normalized spacial score (nSPS) is 10.8. The lowest BCUT2D eigenvalue weighted by atomic mass is 10.1. The van der Waals surface area contributed by atoms with Gasteiger partial charge in [-0.05, 0) is 12.5 Å². The van der Waals surface area contributed by atoms with Gasteiger partial charge < -0.3 is 9.47 Å². The number of hydrogen-bond acceptors (Lipinski definition) is 4. The van der Waals surface area contributed by atoms with Crippen LogP contribution in [0.4, 0.5) is 5.69 Å². The second-order valence-corrected chi connectivity index (χ2v) is 3.49. The predicted molar refractivity (Wildman–Crippen MR) is 59.3 cm³/mol. The van der Waals surface area contributed by atoms with Crippen molar-refractivity contribution in [1.29, 1.82) is 0 Å². The van der Waals surface area contributed by atoms with E-state index in [-0.39, 0.29) is 10.6 Å². The van der Waals surface area contributed by atoms with Gasteiger partial charge in [-0.1, -0.05) is 12.1 Å². The summed E-state index contributed by atoms with van der Waals surface area (Å²) in [7, 11) is 3.02. The molecule has 0 saturated heterocycles. The van der Waals surface area contributed by atoms with Gasteiger partial charge in [0.25, 0.3) is 5.69 Å². The average molecular weight is 225 g/mol. The average Bonchev–Trinajstić information content (AvgIpc) is 2.27. The van der Waals surface area contributed by atoms with E-state index < -0.39 is 6.29 Å². The van der Waals surface area contributed by atoms with Gasteiger partial charge in [0, 0.05) is 32.3 Å². The SMILES string of the molecule is COC(Cc1ccc(C)cc1[N+](=O)[O-])OC. The topological polar surface area (TPSA) is 61.6 Å². The summed E-state index contributed by atoms with van der Waals surface area (Å²) in [5.74, 6) is 0. The number of hydrogen-bond donors (Lipinski definition) is 0. The lowest BCUT2D eigenvalue weighted by Gasteiger charge is -2.13. The minimum absolute atomic E-state index is 0.110. The van der Waals surface area contributed by atoms with Gasteiger partial charge in [-0.3, -0.25) is 10.1 Å². The van der Waals surface area contributed by atoms with Crippen LogP contribution >= 0.6 is 0 Å². The monoisotopic (exact) mass is 225 g/mol. The maximum Gasteiger partial charge on any atom is 0.273 e. The molecule has 5 nitrogen and oxygen atoms in total. The van der Waals surface area contributed by atoms with Crippen LogP contribution in [-0.4, -0.2) is 25.4 Å². The highest BCUT2D eigenvalue weighted by Crippen LogP contribution is 2.22. The van der Waals surface area contributed by atoms with Gasteiger partial charge in [-0.2, -0.15) is 0 Å². The maximum atomic E-state index is 10.9. The molecule has 0 saturated carbocycles. The van der Waals surface area contributed by atoms with Crippen LogP contribution in [0.25, 0.3) is 0 Å². The molecule has 0 amide bonds. The van der Waals surface area contributed by atoms with E-state index in [1.165, 1.54) is 14.2 Å². The number of ether oxygens (including phenoxy) is 2. The molecule has 0 aromatic heterocycles. The molecule has 88 valence electrons. The van der Waals surface area contributed by atoms with Crippen LogP contribution in [0.3, 0.4) is 0 Å². The molecule has 0 atom stereocenters. The van der Waals surface area contributed by atoms with E-state index in [2.05, 4.69) is 0 Å². The molecule has 0 unspecified atom stereocenters. The van der Waals surface area contributed by atoms with E-state index in [1.54, 1.807) is 12.1 Å². The van der Waals surface area contributed by atoms with Crippen molar-refractivity contribution in [3.05, 3.63) is 39.4 Å². The highest BCUT2D eigenvalue weighted by molar-refractivity contribution is 5.43. The Kier molecular flexibility index (Phi) is 4.39. The Morgan fingerprint density at radius 3 is 2.50 bits per heavy atom. The van der Waals surface area contributed by atoms with Crippen LogP contribution in [0.2, 0.25) is 0 Å².